The Labute approximate surface area is 257 Å². The second-order valence-electron chi connectivity index (χ2n) is 9.25. The second kappa shape index (κ2) is 13.3. The Balaban J connectivity index is 0.00000193. The number of halogens is 3. The molecule has 2 aliphatic heterocycles. The van der Waals surface area contributed by atoms with Crippen LogP contribution in [0.1, 0.15) is 45.2 Å². The first-order valence-corrected chi connectivity index (χ1v) is 12.0. The number of fused-ring (bicyclic) bond motifs is 2. The fraction of sp³-hybridized carbons (Fsp3) is 0.480. The number of hydrogen-bond acceptors (Lipinski definition) is 4. The molecule has 2 heterocycles. The molecule has 34 heavy (non-hydrogen) atoms. The van der Waals surface area contributed by atoms with Crippen molar-refractivity contribution in [1.29, 1.82) is 0 Å². The highest BCUT2D eigenvalue weighted by atomic mass is 127. The molecule has 1 amide bonds. The molecule has 0 unspecified atom stereocenters. The number of aryl methyl sites for hydroxylation is 2. The molecule has 1 fully saturated rings. The molecule has 4 rings (SSSR count). The van der Waals surface area contributed by atoms with E-state index in [4.69, 9.17) is 9.72 Å². The molecule has 188 valence electrons. The van der Waals surface area contributed by atoms with E-state index in [0.29, 0.717) is 6.54 Å². The number of hydrogen-bond donors (Lipinski definition) is 0. The van der Waals surface area contributed by atoms with Crippen LogP contribution in [0, 0.1) is 6.92 Å². The van der Waals surface area contributed by atoms with Crippen LogP contribution in [-0.4, -0.2) is 47.8 Å². The van der Waals surface area contributed by atoms with E-state index in [2.05, 4.69) is 48.8 Å². The molecular weight excluding hydrogens is 787 g/mol. The Morgan fingerprint density at radius 1 is 1.18 bits per heavy atom. The van der Waals surface area contributed by atoms with Crippen molar-refractivity contribution >= 4 is 75.6 Å². The highest BCUT2D eigenvalue weighted by molar-refractivity contribution is 14.0. The highest BCUT2D eigenvalue weighted by Gasteiger charge is 2.26. The molecule has 1 aromatic rings. The zero-order valence-corrected chi connectivity index (χ0v) is 28.0. The Kier molecular flexibility index (Phi) is 12.4. The van der Waals surface area contributed by atoms with Gasteiger partial charge in [-0.2, -0.15) is 0 Å². The van der Waals surface area contributed by atoms with E-state index in [1.807, 2.05) is 37.0 Å². The van der Waals surface area contributed by atoms with Gasteiger partial charge < -0.3 is 33.6 Å². The minimum Gasteiger partial charge on any atom is -1.00 e. The number of amides is 1. The number of carbonyl (C=O) groups is 1. The summed E-state index contributed by atoms with van der Waals surface area (Å²) in [6, 6.07) is 10.9. The second-order valence-corrected chi connectivity index (χ2v) is 10.3. The molecule has 5 nitrogen and oxygen atoms in total. The Hall–Kier alpha value is -0.280. The minimum atomic E-state index is -0.465. The van der Waals surface area contributed by atoms with Crippen LogP contribution in [-0.2, 0) is 11.2 Å². The molecular formula is C25H34I3N3O2S. The predicted molar refractivity (Wildman–Crippen MR) is 159 cm³/mol. The number of rotatable bonds is 1. The quantitative estimate of drug-likeness (QED) is 0.216. The minimum absolute atomic E-state index is 0. The summed E-state index contributed by atoms with van der Waals surface area (Å²) in [5.74, 6) is 0. The molecule has 0 atom stereocenters. The van der Waals surface area contributed by atoms with Crippen LogP contribution in [0.3, 0.4) is 0 Å². The first kappa shape index (κ1) is 31.7. The lowest BCUT2D eigenvalue weighted by Crippen LogP contribution is -3.00. The van der Waals surface area contributed by atoms with E-state index in [1.165, 1.54) is 26.1 Å². The Morgan fingerprint density at radius 2 is 1.91 bits per heavy atom. The molecule has 1 aliphatic carbocycles. The van der Waals surface area contributed by atoms with Gasteiger partial charge in [-0.15, -0.1) is 59.3 Å². The van der Waals surface area contributed by atoms with Gasteiger partial charge in [0.1, 0.15) is 12.1 Å². The van der Waals surface area contributed by atoms with E-state index in [-0.39, 0.29) is 78.0 Å². The first-order chi connectivity index (χ1) is 14.7. The van der Waals surface area contributed by atoms with Crippen LogP contribution in [0.2, 0.25) is 0 Å². The molecule has 0 N–H and O–H groups in total. The predicted octanol–water partition coefficient (Wildman–Crippen LogP) is 2.92. The van der Waals surface area contributed by atoms with Gasteiger partial charge in [0.2, 0.25) is 5.36 Å². The fourth-order valence-corrected chi connectivity index (χ4v) is 5.22. The van der Waals surface area contributed by atoms with E-state index >= 15 is 0 Å². The van der Waals surface area contributed by atoms with Crippen molar-refractivity contribution in [3.63, 3.8) is 0 Å². The standard InChI is InChI=1S/C25H32N3O2S.3HI/c1-6-18-15-19(16-21-23(18)26-22-17(2)9-7-10-20(22)31-21)27-11-8-12-28(14-13-27)24(29)30-25(3,4)5;;;/h7,9-10,15-16H,6,8,11-14H2,1-5H3;3*1H/q+1;;;/p-1. The number of nitrogens with zero attached hydrogens (tertiary/aromatic N) is 3. The number of para-hydroxylation sites is 1. The average Bonchev–Trinajstić information content (AvgIpc) is 2.97. The summed E-state index contributed by atoms with van der Waals surface area (Å²) in [4.78, 5) is 20.6. The van der Waals surface area contributed by atoms with Crippen molar-refractivity contribution in [3.05, 3.63) is 46.8 Å². The summed E-state index contributed by atoms with van der Waals surface area (Å²) in [6.07, 6.45) is 1.66. The smallest absolute Gasteiger partial charge is 0.410 e. The van der Waals surface area contributed by atoms with E-state index in [1.54, 1.807) is 0 Å². The lowest BCUT2D eigenvalue weighted by atomic mass is 10.1. The molecule has 1 aromatic carbocycles. The summed E-state index contributed by atoms with van der Waals surface area (Å²) in [5.41, 5.74) is 4.25. The van der Waals surface area contributed by atoms with Crippen LogP contribution < -0.4 is 33.9 Å². The van der Waals surface area contributed by atoms with E-state index in [0.717, 1.165) is 43.7 Å². The van der Waals surface area contributed by atoms with E-state index < -0.39 is 5.60 Å². The number of aromatic nitrogens is 1. The molecule has 0 bridgehead atoms. The van der Waals surface area contributed by atoms with Crippen molar-refractivity contribution in [2.45, 2.75) is 53.1 Å². The molecule has 3 aliphatic rings. The van der Waals surface area contributed by atoms with Gasteiger partial charge in [0.15, 0.2) is 6.54 Å². The van der Waals surface area contributed by atoms with Crippen molar-refractivity contribution in [1.82, 2.24) is 14.5 Å². The third-order valence-corrected chi connectivity index (χ3v) is 6.76. The van der Waals surface area contributed by atoms with Gasteiger partial charge in [0, 0.05) is 25.1 Å². The van der Waals surface area contributed by atoms with Crippen LogP contribution >= 0.6 is 59.3 Å². The lowest BCUT2D eigenvalue weighted by molar-refractivity contribution is -0.0000467. The van der Waals surface area contributed by atoms with Gasteiger partial charge in [-0.3, -0.25) is 0 Å². The maximum Gasteiger partial charge on any atom is 0.410 e. The van der Waals surface area contributed by atoms with Gasteiger partial charge in [-0.05, 0) is 51.3 Å². The Bertz CT molecular complexity index is 1170. The monoisotopic (exact) mass is 821 g/mol. The van der Waals surface area contributed by atoms with E-state index in [9.17, 15) is 4.79 Å². The normalized spacial score (nSPS) is 15.6. The summed E-state index contributed by atoms with van der Waals surface area (Å²) in [6.45, 7) is 13.2. The van der Waals surface area contributed by atoms with Gasteiger partial charge in [0.25, 0.3) is 0 Å². The molecule has 0 saturated carbocycles. The number of ether oxygens (including phenoxy) is 1. The maximum atomic E-state index is 12.5. The topological polar surface area (TPSA) is 45.4 Å². The lowest BCUT2D eigenvalue weighted by Gasteiger charge is -2.25. The SMILES string of the molecule is CCc1cc(=[N+]2CCCN(C(=O)OC(C)(C)C)CC2)cc2sc3cccc(C)c3nc1-2.I.I.[I-]. The van der Waals surface area contributed by atoms with Gasteiger partial charge in [-0.1, -0.05) is 19.1 Å². The zero-order chi connectivity index (χ0) is 22.2. The largest absolute Gasteiger partial charge is 1.00 e. The van der Waals surface area contributed by atoms with Crippen LogP contribution in [0.5, 0.6) is 0 Å². The summed E-state index contributed by atoms with van der Waals surface area (Å²) in [7, 11) is 0. The molecule has 0 aromatic heterocycles. The van der Waals surface area contributed by atoms with Crippen molar-refractivity contribution in [3.8, 4) is 10.6 Å². The van der Waals surface area contributed by atoms with Gasteiger partial charge in [-0.25, -0.2) is 14.4 Å². The van der Waals surface area contributed by atoms with Crippen LogP contribution in [0.4, 0.5) is 4.79 Å². The number of carbonyl (C=O) groups excluding carboxylic acids is 1. The molecule has 9 heteroatoms. The third kappa shape index (κ3) is 7.37. The zero-order valence-electron chi connectivity index (χ0n) is 20.4. The molecule has 1 saturated heterocycles. The highest BCUT2D eigenvalue weighted by Crippen LogP contribution is 2.33. The van der Waals surface area contributed by atoms with Crippen molar-refractivity contribution in [2.24, 2.45) is 0 Å². The van der Waals surface area contributed by atoms with Crippen LogP contribution in [0.15, 0.2) is 30.3 Å². The molecule has 0 spiro atoms. The summed E-state index contributed by atoms with van der Waals surface area (Å²) in [5, 5.41) is 1.22. The van der Waals surface area contributed by atoms with Crippen molar-refractivity contribution in [2.75, 3.05) is 26.2 Å². The van der Waals surface area contributed by atoms with Gasteiger partial charge in [0.05, 0.1) is 27.3 Å². The summed E-state index contributed by atoms with van der Waals surface area (Å²) < 4.78 is 9.20. The maximum absolute atomic E-state index is 12.5. The average molecular weight is 821 g/mol. The fourth-order valence-electron chi connectivity index (χ4n) is 4.08. The summed E-state index contributed by atoms with van der Waals surface area (Å²) >= 11 is 1.82. The van der Waals surface area contributed by atoms with Crippen LogP contribution in [0.25, 0.3) is 20.8 Å². The number of benzene rings is 2. The van der Waals surface area contributed by atoms with Gasteiger partial charge >= 0.3 is 6.09 Å². The Morgan fingerprint density at radius 3 is 2.59 bits per heavy atom. The molecule has 0 radical (unpaired) electrons. The third-order valence-electron chi connectivity index (χ3n) is 5.68. The van der Waals surface area contributed by atoms with Crippen molar-refractivity contribution < 1.29 is 33.5 Å². The first-order valence-electron chi connectivity index (χ1n) is 11.1.